The summed E-state index contributed by atoms with van der Waals surface area (Å²) in [7, 11) is 0. The van der Waals surface area contributed by atoms with Crippen LogP contribution in [0.5, 0.6) is 11.5 Å². The lowest BCUT2D eigenvalue weighted by atomic mass is 10.2. The highest BCUT2D eigenvalue weighted by Gasteiger charge is 2.14. The molecule has 1 aliphatic heterocycles. The maximum Gasteiger partial charge on any atom is 0.163 e. The minimum Gasteiger partial charge on any atom is -0.486 e. The Balaban J connectivity index is 1.57. The Morgan fingerprint density at radius 1 is 0.926 bits per heavy atom. The average molecular weight is 384 g/mol. The van der Waals surface area contributed by atoms with Gasteiger partial charge in [0.25, 0.3) is 0 Å². The Kier molecular flexibility index (Phi) is 4.60. The van der Waals surface area contributed by atoms with Gasteiger partial charge in [-0.2, -0.15) is 0 Å². The fourth-order valence-electron chi connectivity index (χ4n) is 2.66. The Labute approximate surface area is 161 Å². The average Bonchev–Trinajstić information content (AvgIpc) is 2.68. The molecule has 2 heterocycles. The number of halogens is 1. The first kappa shape index (κ1) is 17.2. The molecule has 0 aliphatic carbocycles. The van der Waals surface area contributed by atoms with Crippen LogP contribution in [0, 0.1) is 6.92 Å². The lowest BCUT2D eigenvalue weighted by Crippen LogP contribution is -2.15. The minimum atomic E-state index is 0.393. The summed E-state index contributed by atoms with van der Waals surface area (Å²) in [6.07, 6.45) is 1.44. The highest BCUT2D eigenvalue weighted by molar-refractivity contribution is 6.31. The number of fused-ring (bicyclic) bond motifs is 1. The highest BCUT2D eigenvalue weighted by Crippen LogP contribution is 2.35. The van der Waals surface area contributed by atoms with E-state index in [-0.39, 0.29) is 0 Å². The molecule has 2 aromatic carbocycles. The van der Waals surface area contributed by atoms with E-state index in [1.54, 1.807) is 0 Å². The number of aromatic nitrogens is 2. The molecule has 138 valence electrons. The van der Waals surface area contributed by atoms with Crippen LogP contribution in [0.2, 0.25) is 5.02 Å². The van der Waals surface area contributed by atoms with E-state index in [9.17, 15) is 0 Å². The van der Waals surface area contributed by atoms with Crippen LogP contribution in [0.4, 0.5) is 28.7 Å². The SMILES string of the molecule is Cc1ccc(Nc2ncnc(Nc3ccc4c(c3)OCCO4)c2N)cc1Cl. The van der Waals surface area contributed by atoms with Crippen molar-refractivity contribution in [1.29, 1.82) is 0 Å². The molecule has 3 aromatic rings. The molecule has 0 spiro atoms. The number of benzene rings is 2. The summed E-state index contributed by atoms with van der Waals surface area (Å²) in [5.74, 6) is 2.39. The molecule has 0 amide bonds. The fourth-order valence-corrected chi connectivity index (χ4v) is 2.84. The molecule has 0 radical (unpaired) electrons. The molecular weight excluding hydrogens is 366 g/mol. The van der Waals surface area contributed by atoms with Gasteiger partial charge in [0.15, 0.2) is 23.1 Å². The van der Waals surface area contributed by atoms with E-state index in [4.69, 9.17) is 26.8 Å². The number of hydrogen-bond donors (Lipinski definition) is 3. The summed E-state index contributed by atoms with van der Waals surface area (Å²) in [4.78, 5) is 8.46. The number of hydrogen-bond acceptors (Lipinski definition) is 7. The van der Waals surface area contributed by atoms with Crippen molar-refractivity contribution < 1.29 is 9.47 Å². The molecule has 27 heavy (non-hydrogen) atoms. The number of aryl methyl sites for hydroxylation is 1. The molecule has 0 fully saturated rings. The Morgan fingerprint density at radius 2 is 1.56 bits per heavy atom. The highest BCUT2D eigenvalue weighted by atomic mass is 35.5. The van der Waals surface area contributed by atoms with Crippen molar-refractivity contribution in [2.45, 2.75) is 6.92 Å². The van der Waals surface area contributed by atoms with Crippen molar-refractivity contribution >= 4 is 40.3 Å². The first-order chi connectivity index (χ1) is 13.1. The van der Waals surface area contributed by atoms with Crippen LogP contribution < -0.4 is 25.8 Å². The van der Waals surface area contributed by atoms with E-state index in [1.807, 2.05) is 43.3 Å². The second kappa shape index (κ2) is 7.20. The lowest BCUT2D eigenvalue weighted by molar-refractivity contribution is 0.171. The number of ether oxygens (including phenoxy) is 2. The van der Waals surface area contributed by atoms with Crippen molar-refractivity contribution in [3.8, 4) is 11.5 Å². The van der Waals surface area contributed by atoms with Gasteiger partial charge in [-0.1, -0.05) is 17.7 Å². The van der Waals surface area contributed by atoms with Crippen LogP contribution in [-0.2, 0) is 0 Å². The number of nitrogens with two attached hydrogens (primary N) is 1. The Hall–Kier alpha value is -3.19. The molecule has 1 aromatic heterocycles. The molecule has 0 saturated heterocycles. The van der Waals surface area contributed by atoms with Gasteiger partial charge in [0.1, 0.15) is 25.2 Å². The predicted molar refractivity (Wildman–Crippen MR) is 107 cm³/mol. The fraction of sp³-hybridized carbons (Fsp3) is 0.158. The third-order valence-electron chi connectivity index (χ3n) is 4.12. The van der Waals surface area contributed by atoms with Gasteiger partial charge in [-0.3, -0.25) is 0 Å². The standard InChI is InChI=1S/C19H18ClN5O2/c1-11-2-3-12(8-14(11)20)24-18-17(21)19(23-10-22-18)25-13-4-5-15-16(9-13)27-7-6-26-15/h2-5,8-10H,6-7,21H2,1H3,(H2,22,23,24,25). The molecular formula is C19H18ClN5O2. The monoisotopic (exact) mass is 383 g/mol. The Bertz CT molecular complexity index is 996. The molecule has 0 saturated carbocycles. The smallest absolute Gasteiger partial charge is 0.163 e. The first-order valence-corrected chi connectivity index (χ1v) is 8.78. The van der Waals surface area contributed by atoms with E-state index in [0.717, 1.165) is 22.7 Å². The van der Waals surface area contributed by atoms with Crippen molar-refractivity contribution in [3.05, 3.63) is 53.3 Å². The van der Waals surface area contributed by atoms with Gasteiger partial charge in [0, 0.05) is 22.5 Å². The largest absolute Gasteiger partial charge is 0.486 e. The van der Waals surface area contributed by atoms with E-state index in [2.05, 4.69) is 20.6 Å². The van der Waals surface area contributed by atoms with Crippen molar-refractivity contribution in [3.63, 3.8) is 0 Å². The summed E-state index contributed by atoms with van der Waals surface area (Å²) >= 11 is 6.18. The summed E-state index contributed by atoms with van der Waals surface area (Å²) in [6.45, 7) is 3.02. The normalized spacial score (nSPS) is 12.5. The topological polar surface area (TPSA) is 94.3 Å². The van der Waals surface area contributed by atoms with Crippen molar-refractivity contribution in [1.82, 2.24) is 9.97 Å². The zero-order chi connectivity index (χ0) is 18.8. The molecule has 4 N–H and O–H groups in total. The summed E-state index contributed by atoms with van der Waals surface area (Å²) in [5.41, 5.74) is 9.22. The minimum absolute atomic E-state index is 0.393. The number of nitrogens with one attached hydrogen (secondary N) is 2. The second-order valence-corrected chi connectivity index (χ2v) is 6.46. The summed E-state index contributed by atoms with van der Waals surface area (Å²) < 4.78 is 11.1. The van der Waals surface area contributed by atoms with Gasteiger partial charge in [-0.05, 0) is 36.8 Å². The zero-order valence-electron chi connectivity index (χ0n) is 14.6. The van der Waals surface area contributed by atoms with Crippen LogP contribution in [0.15, 0.2) is 42.7 Å². The number of anilines is 5. The van der Waals surface area contributed by atoms with E-state index in [0.29, 0.717) is 41.3 Å². The molecule has 8 heteroatoms. The number of nitrogen functional groups attached to an aromatic ring is 1. The van der Waals surface area contributed by atoms with Gasteiger partial charge in [0.05, 0.1) is 0 Å². The van der Waals surface area contributed by atoms with Gasteiger partial charge in [0.2, 0.25) is 0 Å². The maximum atomic E-state index is 6.25. The number of rotatable bonds is 4. The van der Waals surface area contributed by atoms with Gasteiger partial charge < -0.3 is 25.8 Å². The van der Waals surface area contributed by atoms with Crippen LogP contribution in [0.25, 0.3) is 0 Å². The van der Waals surface area contributed by atoms with Crippen molar-refractivity contribution in [2.75, 3.05) is 29.6 Å². The van der Waals surface area contributed by atoms with Crippen LogP contribution >= 0.6 is 11.6 Å². The number of nitrogens with zero attached hydrogens (tertiary/aromatic N) is 2. The third-order valence-corrected chi connectivity index (χ3v) is 4.53. The molecule has 0 unspecified atom stereocenters. The van der Waals surface area contributed by atoms with Crippen LogP contribution in [0.1, 0.15) is 5.56 Å². The first-order valence-electron chi connectivity index (χ1n) is 8.40. The van der Waals surface area contributed by atoms with E-state index in [1.165, 1.54) is 6.33 Å². The van der Waals surface area contributed by atoms with Crippen molar-refractivity contribution in [2.24, 2.45) is 0 Å². The summed E-state index contributed by atoms with van der Waals surface area (Å²) in [5, 5.41) is 7.03. The summed E-state index contributed by atoms with van der Waals surface area (Å²) in [6, 6.07) is 11.2. The third kappa shape index (κ3) is 3.68. The van der Waals surface area contributed by atoms with E-state index >= 15 is 0 Å². The molecule has 0 bridgehead atoms. The maximum absolute atomic E-state index is 6.25. The lowest BCUT2D eigenvalue weighted by Gasteiger charge is -2.19. The molecule has 1 aliphatic rings. The van der Waals surface area contributed by atoms with Gasteiger partial charge in [-0.25, -0.2) is 9.97 Å². The van der Waals surface area contributed by atoms with Crippen LogP contribution in [0.3, 0.4) is 0 Å². The predicted octanol–water partition coefficient (Wildman–Crippen LogP) is 4.28. The Morgan fingerprint density at radius 3 is 2.26 bits per heavy atom. The molecule has 0 atom stereocenters. The van der Waals surface area contributed by atoms with Crippen LogP contribution in [-0.4, -0.2) is 23.2 Å². The van der Waals surface area contributed by atoms with E-state index < -0.39 is 0 Å². The second-order valence-electron chi connectivity index (χ2n) is 6.06. The van der Waals surface area contributed by atoms with Gasteiger partial charge in [-0.15, -0.1) is 0 Å². The molecule has 4 rings (SSSR count). The quantitative estimate of drug-likeness (QED) is 0.619. The zero-order valence-corrected chi connectivity index (χ0v) is 15.4. The molecule has 7 nitrogen and oxygen atoms in total. The van der Waals surface area contributed by atoms with Gasteiger partial charge >= 0.3 is 0 Å².